The molecule has 0 radical (unpaired) electrons. The molecule has 6 nitrogen and oxygen atoms in total. The van der Waals surface area contributed by atoms with Crippen molar-refractivity contribution in [2.24, 2.45) is 0 Å². The van der Waals surface area contributed by atoms with Crippen LogP contribution in [0.15, 0.2) is 78.9 Å². The molecule has 0 aliphatic carbocycles. The van der Waals surface area contributed by atoms with Gasteiger partial charge in [0, 0.05) is 25.9 Å². The summed E-state index contributed by atoms with van der Waals surface area (Å²) in [6.45, 7) is 2.99. The van der Waals surface area contributed by atoms with Crippen LogP contribution in [-0.4, -0.2) is 36.1 Å². The number of nitrogens with one attached hydrogen (secondary N) is 1. The lowest BCUT2D eigenvalue weighted by molar-refractivity contribution is -0.141. The van der Waals surface area contributed by atoms with Gasteiger partial charge in [0.1, 0.15) is 6.04 Å². The van der Waals surface area contributed by atoms with E-state index < -0.39 is 6.04 Å². The highest BCUT2D eigenvalue weighted by Crippen LogP contribution is 2.32. The fourth-order valence-electron chi connectivity index (χ4n) is 4.12. The standard InChI is InChI=1S/C28H30N2O4/c1-2-29-28(32)24(17-21-9-5-3-6-10-21)30(19-23-11-7-4-8-12-23)27(31)16-14-22-13-15-25-26(18-22)34-20-33-25/h3-13,15,18,24H,2,14,16-17,19-20H2,1H3,(H,29,32)/t24-/m0/s1. The van der Waals surface area contributed by atoms with Crippen molar-refractivity contribution in [3.63, 3.8) is 0 Å². The lowest BCUT2D eigenvalue weighted by Gasteiger charge is -2.31. The Bertz CT molecular complexity index is 1100. The number of amides is 2. The molecule has 1 heterocycles. The molecule has 3 aromatic carbocycles. The van der Waals surface area contributed by atoms with E-state index in [0.29, 0.717) is 31.7 Å². The van der Waals surface area contributed by atoms with Crippen molar-refractivity contribution in [2.45, 2.75) is 38.8 Å². The second-order valence-electron chi connectivity index (χ2n) is 8.29. The fraction of sp³-hybridized carbons (Fsp3) is 0.286. The average molecular weight is 459 g/mol. The highest BCUT2D eigenvalue weighted by Gasteiger charge is 2.30. The molecule has 2 amide bonds. The molecule has 0 unspecified atom stereocenters. The maximum Gasteiger partial charge on any atom is 0.243 e. The SMILES string of the molecule is CCNC(=O)[C@H](Cc1ccccc1)N(Cc1ccccc1)C(=O)CCc1ccc2c(c1)OCO2. The summed E-state index contributed by atoms with van der Waals surface area (Å²) in [6.07, 6.45) is 1.29. The Hall–Kier alpha value is -3.80. The summed E-state index contributed by atoms with van der Waals surface area (Å²) in [6, 6.07) is 24.8. The van der Waals surface area contributed by atoms with Gasteiger partial charge in [-0.3, -0.25) is 9.59 Å². The van der Waals surface area contributed by atoms with Crippen molar-refractivity contribution >= 4 is 11.8 Å². The van der Waals surface area contributed by atoms with Crippen LogP contribution in [0.2, 0.25) is 0 Å². The van der Waals surface area contributed by atoms with Gasteiger partial charge in [-0.25, -0.2) is 0 Å². The van der Waals surface area contributed by atoms with Crippen LogP contribution in [-0.2, 0) is 29.0 Å². The third-order valence-corrected chi connectivity index (χ3v) is 5.88. The summed E-state index contributed by atoms with van der Waals surface area (Å²) < 4.78 is 10.8. The smallest absolute Gasteiger partial charge is 0.243 e. The second kappa shape index (κ2) is 11.4. The number of hydrogen-bond acceptors (Lipinski definition) is 4. The van der Waals surface area contributed by atoms with Crippen molar-refractivity contribution in [2.75, 3.05) is 13.3 Å². The van der Waals surface area contributed by atoms with Crippen LogP contribution in [0.25, 0.3) is 0 Å². The van der Waals surface area contributed by atoms with Crippen LogP contribution in [0.5, 0.6) is 11.5 Å². The first-order valence-corrected chi connectivity index (χ1v) is 11.7. The summed E-state index contributed by atoms with van der Waals surface area (Å²) in [4.78, 5) is 28.5. The van der Waals surface area contributed by atoms with Gasteiger partial charge in [0.2, 0.25) is 18.6 Å². The number of carbonyl (C=O) groups excluding carboxylic acids is 2. The van der Waals surface area contributed by atoms with Gasteiger partial charge in [0.25, 0.3) is 0 Å². The van der Waals surface area contributed by atoms with Crippen LogP contribution >= 0.6 is 0 Å². The van der Waals surface area contributed by atoms with Gasteiger partial charge in [-0.15, -0.1) is 0 Å². The topological polar surface area (TPSA) is 67.9 Å². The highest BCUT2D eigenvalue weighted by atomic mass is 16.7. The average Bonchev–Trinajstić information content (AvgIpc) is 3.34. The van der Waals surface area contributed by atoms with Crippen molar-refractivity contribution in [1.82, 2.24) is 10.2 Å². The number of rotatable bonds is 10. The Morgan fingerprint density at radius 1 is 0.882 bits per heavy atom. The molecule has 0 aromatic heterocycles. The predicted octanol–water partition coefficient (Wildman–Crippen LogP) is 4.12. The van der Waals surface area contributed by atoms with E-state index in [1.165, 1.54) is 0 Å². The van der Waals surface area contributed by atoms with Gasteiger partial charge in [0.05, 0.1) is 0 Å². The molecule has 6 heteroatoms. The minimum absolute atomic E-state index is 0.0614. The Balaban J connectivity index is 1.56. The maximum atomic E-state index is 13.6. The van der Waals surface area contributed by atoms with E-state index in [0.717, 1.165) is 22.4 Å². The van der Waals surface area contributed by atoms with Gasteiger partial charge in [0.15, 0.2) is 11.5 Å². The van der Waals surface area contributed by atoms with Gasteiger partial charge >= 0.3 is 0 Å². The van der Waals surface area contributed by atoms with Gasteiger partial charge < -0.3 is 19.7 Å². The Kier molecular flexibility index (Phi) is 7.81. The molecule has 1 N–H and O–H groups in total. The van der Waals surface area contributed by atoms with Crippen molar-refractivity contribution in [3.05, 3.63) is 95.6 Å². The number of fused-ring (bicyclic) bond motifs is 1. The number of likely N-dealkylation sites (N-methyl/N-ethyl adjacent to an activating group) is 1. The van der Waals surface area contributed by atoms with Crippen LogP contribution in [0.3, 0.4) is 0 Å². The molecule has 0 saturated heterocycles. The number of ether oxygens (including phenoxy) is 2. The summed E-state index contributed by atoms with van der Waals surface area (Å²) in [5.74, 6) is 1.22. The van der Waals surface area contributed by atoms with E-state index in [2.05, 4.69) is 5.32 Å². The number of carbonyl (C=O) groups is 2. The number of nitrogens with zero attached hydrogens (tertiary/aromatic N) is 1. The first-order valence-electron chi connectivity index (χ1n) is 11.7. The first-order chi connectivity index (χ1) is 16.6. The third kappa shape index (κ3) is 5.95. The Morgan fingerprint density at radius 2 is 1.56 bits per heavy atom. The Morgan fingerprint density at radius 3 is 2.26 bits per heavy atom. The van der Waals surface area contributed by atoms with Gasteiger partial charge in [-0.1, -0.05) is 66.7 Å². The zero-order valence-corrected chi connectivity index (χ0v) is 19.4. The molecular weight excluding hydrogens is 428 g/mol. The highest BCUT2D eigenvalue weighted by molar-refractivity contribution is 5.88. The maximum absolute atomic E-state index is 13.6. The van der Waals surface area contributed by atoms with Gasteiger partial charge in [-0.05, 0) is 42.2 Å². The minimum Gasteiger partial charge on any atom is -0.454 e. The second-order valence-corrected chi connectivity index (χ2v) is 8.29. The van der Waals surface area contributed by atoms with E-state index in [1.807, 2.05) is 85.8 Å². The van der Waals surface area contributed by atoms with E-state index in [-0.39, 0.29) is 25.0 Å². The Labute approximate surface area is 200 Å². The molecule has 1 aliphatic heterocycles. The van der Waals surface area contributed by atoms with E-state index in [9.17, 15) is 9.59 Å². The number of benzene rings is 3. The summed E-state index contributed by atoms with van der Waals surface area (Å²) in [5, 5.41) is 2.93. The van der Waals surface area contributed by atoms with E-state index >= 15 is 0 Å². The normalized spacial score (nSPS) is 12.7. The van der Waals surface area contributed by atoms with Crippen molar-refractivity contribution < 1.29 is 19.1 Å². The molecule has 1 aliphatic rings. The largest absolute Gasteiger partial charge is 0.454 e. The van der Waals surface area contributed by atoms with Crippen LogP contribution in [0, 0.1) is 0 Å². The monoisotopic (exact) mass is 458 g/mol. The van der Waals surface area contributed by atoms with E-state index in [4.69, 9.17) is 9.47 Å². The molecular formula is C28H30N2O4. The summed E-state index contributed by atoms with van der Waals surface area (Å²) in [7, 11) is 0. The molecule has 1 atom stereocenters. The van der Waals surface area contributed by atoms with E-state index in [1.54, 1.807) is 4.90 Å². The zero-order chi connectivity index (χ0) is 23.8. The summed E-state index contributed by atoms with van der Waals surface area (Å²) in [5.41, 5.74) is 3.00. The molecule has 0 fully saturated rings. The predicted molar refractivity (Wildman–Crippen MR) is 130 cm³/mol. The molecule has 0 spiro atoms. The quantitative estimate of drug-likeness (QED) is 0.496. The molecule has 176 valence electrons. The zero-order valence-electron chi connectivity index (χ0n) is 19.4. The molecule has 34 heavy (non-hydrogen) atoms. The molecule has 0 bridgehead atoms. The third-order valence-electron chi connectivity index (χ3n) is 5.88. The molecule has 4 rings (SSSR count). The fourth-order valence-corrected chi connectivity index (χ4v) is 4.12. The van der Waals surface area contributed by atoms with Gasteiger partial charge in [-0.2, -0.15) is 0 Å². The minimum atomic E-state index is -0.605. The summed E-state index contributed by atoms with van der Waals surface area (Å²) >= 11 is 0. The van der Waals surface area contributed by atoms with Crippen LogP contribution < -0.4 is 14.8 Å². The van der Waals surface area contributed by atoms with Crippen LogP contribution in [0.1, 0.15) is 30.0 Å². The van der Waals surface area contributed by atoms with Crippen molar-refractivity contribution in [1.29, 1.82) is 0 Å². The number of aryl methyl sites for hydroxylation is 1. The molecule has 3 aromatic rings. The first kappa shape index (κ1) is 23.4. The lowest BCUT2D eigenvalue weighted by Crippen LogP contribution is -2.50. The number of hydrogen-bond donors (Lipinski definition) is 1. The van der Waals surface area contributed by atoms with Crippen LogP contribution in [0.4, 0.5) is 0 Å². The van der Waals surface area contributed by atoms with Crippen molar-refractivity contribution in [3.8, 4) is 11.5 Å². The lowest BCUT2D eigenvalue weighted by atomic mass is 10.0. The molecule has 0 saturated carbocycles.